The van der Waals surface area contributed by atoms with Crippen LogP contribution in [0.15, 0.2) is 28.9 Å². The number of nitrogens with zero attached hydrogens (tertiary/aromatic N) is 1. The molecule has 0 aliphatic carbocycles. The summed E-state index contributed by atoms with van der Waals surface area (Å²) in [5.74, 6) is 0.233. The molecule has 1 aliphatic rings. The number of carbonyl (C=O) groups excluding carboxylic acids is 1. The lowest BCUT2D eigenvalue weighted by molar-refractivity contribution is -0.130. The van der Waals surface area contributed by atoms with Gasteiger partial charge in [-0.2, -0.15) is 0 Å². The van der Waals surface area contributed by atoms with Gasteiger partial charge in [-0.1, -0.05) is 6.07 Å². The van der Waals surface area contributed by atoms with Gasteiger partial charge < -0.3 is 14.6 Å². The van der Waals surface area contributed by atoms with Gasteiger partial charge in [0.05, 0.1) is 7.11 Å². The normalized spacial score (nSPS) is 16.9. The van der Waals surface area contributed by atoms with Crippen LogP contribution in [0.5, 0.6) is 11.5 Å². The number of phenols is 1. The Kier molecular flexibility index (Phi) is 2.82. The van der Waals surface area contributed by atoms with Crippen molar-refractivity contribution < 1.29 is 19.4 Å². The number of cyclic esters (lactones) is 1. The Morgan fingerprint density at radius 1 is 1.47 bits per heavy atom. The molecule has 2 rings (SSSR count). The molecule has 0 atom stereocenters. The second-order valence-electron chi connectivity index (χ2n) is 3.48. The van der Waals surface area contributed by atoms with Crippen LogP contribution in [0.1, 0.15) is 12.5 Å². The quantitative estimate of drug-likeness (QED) is 0.623. The van der Waals surface area contributed by atoms with Gasteiger partial charge in [0.1, 0.15) is 0 Å². The van der Waals surface area contributed by atoms with Crippen molar-refractivity contribution in [2.24, 2.45) is 4.99 Å². The van der Waals surface area contributed by atoms with Crippen LogP contribution < -0.4 is 4.74 Å². The summed E-state index contributed by atoms with van der Waals surface area (Å²) < 4.78 is 9.76. The molecule has 0 radical (unpaired) electrons. The van der Waals surface area contributed by atoms with Crippen LogP contribution in [0.2, 0.25) is 0 Å². The standard InChI is InChI=1S/C12H11NO4/c1-7-13-9(12(15)17-7)5-8-3-4-10(14)11(6-8)16-2/h3-6,14H,1-2H3. The molecule has 1 aromatic rings. The molecule has 1 N–H and O–H groups in total. The first-order valence-corrected chi connectivity index (χ1v) is 4.96. The lowest BCUT2D eigenvalue weighted by atomic mass is 10.1. The Balaban J connectivity index is 2.36. The van der Waals surface area contributed by atoms with E-state index in [2.05, 4.69) is 4.99 Å². The zero-order valence-corrected chi connectivity index (χ0v) is 9.43. The van der Waals surface area contributed by atoms with Crippen molar-refractivity contribution in [3.63, 3.8) is 0 Å². The predicted molar refractivity (Wildman–Crippen MR) is 61.8 cm³/mol. The summed E-state index contributed by atoms with van der Waals surface area (Å²) in [6.07, 6.45) is 1.57. The van der Waals surface area contributed by atoms with Crippen molar-refractivity contribution in [3.8, 4) is 11.5 Å². The molecule has 0 unspecified atom stereocenters. The summed E-state index contributed by atoms with van der Waals surface area (Å²) in [4.78, 5) is 15.3. The molecule has 17 heavy (non-hydrogen) atoms. The van der Waals surface area contributed by atoms with Crippen LogP contribution in [-0.2, 0) is 9.53 Å². The van der Waals surface area contributed by atoms with Gasteiger partial charge in [-0.15, -0.1) is 0 Å². The largest absolute Gasteiger partial charge is 0.504 e. The highest BCUT2D eigenvalue weighted by atomic mass is 16.6. The van der Waals surface area contributed by atoms with E-state index in [1.165, 1.54) is 13.2 Å². The highest BCUT2D eigenvalue weighted by molar-refractivity contribution is 6.06. The molecule has 0 bridgehead atoms. The van der Waals surface area contributed by atoms with E-state index in [1.54, 1.807) is 25.1 Å². The van der Waals surface area contributed by atoms with E-state index in [4.69, 9.17) is 9.47 Å². The average molecular weight is 233 g/mol. The minimum absolute atomic E-state index is 0.0448. The number of phenolic OH excluding ortho intramolecular Hbond substituents is 1. The van der Waals surface area contributed by atoms with E-state index in [1.807, 2.05) is 0 Å². The number of esters is 1. The van der Waals surface area contributed by atoms with Crippen LogP contribution in [0.25, 0.3) is 6.08 Å². The third kappa shape index (κ3) is 2.28. The Labute approximate surface area is 98.0 Å². The molecular weight excluding hydrogens is 222 g/mol. The topological polar surface area (TPSA) is 68.1 Å². The van der Waals surface area contributed by atoms with Gasteiger partial charge in [-0.05, 0) is 23.8 Å². The molecule has 5 heteroatoms. The van der Waals surface area contributed by atoms with Crippen molar-refractivity contribution >= 4 is 17.9 Å². The third-order valence-electron chi connectivity index (χ3n) is 2.23. The maximum Gasteiger partial charge on any atom is 0.363 e. The molecule has 1 heterocycles. The maximum atomic E-state index is 11.3. The van der Waals surface area contributed by atoms with Gasteiger partial charge in [0.25, 0.3) is 0 Å². The number of hydrogen-bond donors (Lipinski definition) is 1. The Morgan fingerprint density at radius 3 is 2.82 bits per heavy atom. The number of ether oxygens (including phenoxy) is 2. The Hall–Kier alpha value is -2.30. The molecule has 0 fully saturated rings. The van der Waals surface area contributed by atoms with Crippen LogP contribution in [0.4, 0.5) is 0 Å². The number of benzene rings is 1. The lowest BCUT2D eigenvalue weighted by Gasteiger charge is -2.03. The van der Waals surface area contributed by atoms with Crippen LogP contribution in [-0.4, -0.2) is 24.1 Å². The first-order chi connectivity index (χ1) is 8.10. The SMILES string of the molecule is COc1cc(C=C2N=C(C)OC2=O)ccc1O. The van der Waals surface area contributed by atoms with E-state index in [9.17, 15) is 9.90 Å². The summed E-state index contributed by atoms with van der Waals surface area (Å²) in [6.45, 7) is 1.61. The number of aromatic hydroxyl groups is 1. The fourth-order valence-electron chi connectivity index (χ4n) is 1.46. The Morgan fingerprint density at radius 2 is 2.24 bits per heavy atom. The molecule has 0 saturated heterocycles. The number of methoxy groups -OCH3 is 1. The van der Waals surface area contributed by atoms with Crippen LogP contribution in [0.3, 0.4) is 0 Å². The zero-order valence-electron chi connectivity index (χ0n) is 9.43. The van der Waals surface area contributed by atoms with Crippen molar-refractivity contribution in [2.45, 2.75) is 6.92 Å². The number of aliphatic imine (C=N–C) groups is 1. The van der Waals surface area contributed by atoms with E-state index >= 15 is 0 Å². The fraction of sp³-hybridized carbons (Fsp3) is 0.167. The van der Waals surface area contributed by atoms with Gasteiger partial charge in [0, 0.05) is 6.92 Å². The van der Waals surface area contributed by atoms with Gasteiger partial charge in [0.15, 0.2) is 23.1 Å². The van der Waals surface area contributed by atoms with E-state index < -0.39 is 5.97 Å². The monoisotopic (exact) mass is 233 g/mol. The summed E-state index contributed by atoms with van der Waals surface area (Å²) in [6, 6.07) is 4.75. The molecule has 1 aliphatic heterocycles. The minimum atomic E-state index is -0.477. The van der Waals surface area contributed by atoms with Crippen molar-refractivity contribution in [3.05, 3.63) is 29.5 Å². The molecule has 0 aromatic heterocycles. The zero-order chi connectivity index (χ0) is 12.4. The van der Waals surface area contributed by atoms with E-state index in [-0.39, 0.29) is 11.4 Å². The van der Waals surface area contributed by atoms with Crippen molar-refractivity contribution in [2.75, 3.05) is 7.11 Å². The fourth-order valence-corrected chi connectivity index (χ4v) is 1.46. The molecular formula is C12H11NO4. The summed E-state index contributed by atoms with van der Waals surface area (Å²) >= 11 is 0. The van der Waals surface area contributed by atoms with Crippen LogP contribution >= 0.6 is 0 Å². The molecule has 0 amide bonds. The maximum absolute atomic E-state index is 11.3. The van der Waals surface area contributed by atoms with Gasteiger partial charge >= 0.3 is 5.97 Å². The number of carbonyl (C=O) groups is 1. The molecule has 0 spiro atoms. The first kappa shape index (κ1) is 11.2. The Bertz CT molecular complexity index is 531. The molecule has 1 aromatic carbocycles. The van der Waals surface area contributed by atoms with Gasteiger partial charge in [-0.25, -0.2) is 9.79 Å². The van der Waals surface area contributed by atoms with Crippen LogP contribution in [0, 0.1) is 0 Å². The van der Waals surface area contributed by atoms with E-state index in [0.29, 0.717) is 17.2 Å². The van der Waals surface area contributed by atoms with Gasteiger partial charge in [-0.3, -0.25) is 0 Å². The van der Waals surface area contributed by atoms with Gasteiger partial charge in [0.2, 0.25) is 0 Å². The summed E-state index contributed by atoms with van der Waals surface area (Å²) in [5, 5.41) is 9.42. The summed E-state index contributed by atoms with van der Waals surface area (Å²) in [7, 11) is 1.46. The second-order valence-corrected chi connectivity index (χ2v) is 3.48. The molecule has 0 saturated carbocycles. The molecule has 88 valence electrons. The third-order valence-corrected chi connectivity index (χ3v) is 2.23. The minimum Gasteiger partial charge on any atom is -0.504 e. The van der Waals surface area contributed by atoms with Crippen molar-refractivity contribution in [1.29, 1.82) is 0 Å². The lowest BCUT2D eigenvalue weighted by Crippen LogP contribution is -1.99. The predicted octanol–water partition coefficient (Wildman–Crippen LogP) is 1.72. The number of hydrogen-bond acceptors (Lipinski definition) is 5. The summed E-state index contributed by atoms with van der Waals surface area (Å²) in [5.41, 5.74) is 0.931. The second kappa shape index (κ2) is 4.29. The van der Waals surface area contributed by atoms with Crippen molar-refractivity contribution in [1.82, 2.24) is 0 Å². The smallest absolute Gasteiger partial charge is 0.363 e. The van der Waals surface area contributed by atoms with E-state index in [0.717, 1.165) is 0 Å². The first-order valence-electron chi connectivity index (χ1n) is 4.96. The highest BCUT2D eigenvalue weighted by Crippen LogP contribution is 2.27. The number of rotatable bonds is 2. The highest BCUT2D eigenvalue weighted by Gasteiger charge is 2.19. The molecule has 5 nitrogen and oxygen atoms in total. The average Bonchev–Trinajstić information content (AvgIpc) is 2.60.